The maximum Gasteiger partial charge on any atom is 0.0540 e. The fourth-order valence-corrected chi connectivity index (χ4v) is 8.93. The minimum absolute atomic E-state index is 1.10. The standard InChI is InChI=1S/C56H37N/c1-2-14-38(15-3-1)48-20-10-12-24-55(48)57(44-31-26-40(27-32-44)54-37-41-17-5-7-19-46(41)50-22-8-9-23-51(50)54)56-25-13-11-21-49(56)43-29-33-47-42(36-43)30-35-52-45-18-6-4-16-39(45)28-34-53(47)52/h1-37H. The van der Waals surface area contributed by atoms with E-state index in [0.717, 1.165) is 17.1 Å². The predicted octanol–water partition coefficient (Wildman–Crippen LogP) is 15.9. The minimum Gasteiger partial charge on any atom is -0.309 e. The smallest absolute Gasteiger partial charge is 0.0540 e. The highest BCUT2D eigenvalue weighted by Gasteiger charge is 2.21. The van der Waals surface area contributed by atoms with Crippen molar-refractivity contribution in [2.45, 2.75) is 0 Å². The van der Waals surface area contributed by atoms with E-state index in [1.54, 1.807) is 0 Å². The van der Waals surface area contributed by atoms with Gasteiger partial charge < -0.3 is 4.90 Å². The Morgan fingerprint density at radius 3 is 1.39 bits per heavy atom. The van der Waals surface area contributed by atoms with Gasteiger partial charge in [0, 0.05) is 16.8 Å². The third kappa shape index (κ3) is 5.63. The molecule has 11 rings (SSSR count). The van der Waals surface area contributed by atoms with Crippen LogP contribution >= 0.6 is 0 Å². The first-order valence-corrected chi connectivity index (χ1v) is 19.7. The Morgan fingerprint density at radius 1 is 0.228 bits per heavy atom. The SMILES string of the molecule is c1ccc(-c2ccccc2N(c2ccc(-c3cc4ccccc4c4ccccc34)cc2)c2ccccc2-c2ccc3c(ccc4c5ccccc5ccc34)c2)cc1. The molecule has 0 fully saturated rings. The molecule has 0 bridgehead atoms. The van der Waals surface area contributed by atoms with Crippen LogP contribution in [0, 0.1) is 0 Å². The molecule has 0 N–H and O–H groups in total. The largest absolute Gasteiger partial charge is 0.309 e. The molecule has 266 valence electrons. The van der Waals surface area contributed by atoms with Crippen molar-refractivity contribution >= 4 is 70.9 Å². The zero-order valence-corrected chi connectivity index (χ0v) is 31.3. The summed E-state index contributed by atoms with van der Waals surface area (Å²) in [7, 11) is 0. The van der Waals surface area contributed by atoms with Crippen LogP contribution in [0.2, 0.25) is 0 Å². The van der Waals surface area contributed by atoms with Crippen molar-refractivity contribution in [1.29, 1.82) is 0 Å². The van der Waals surface area contributed by atoms with E-state index < -0.39 is 0 Å². The van der Waals surface area contributed by atoms with Gasteiger partial charge in [-0.3, -0.25) is 0 Å². The van der Waals surface area contributed by atoms with E-state index in [1.807, 2.05) is 0 Å². The van der Waals surface area contributed by atoms with Crippen molar-refractivity contribution in [1.82, 2.24) is 0 Å². The molecule has 0 atom stereocenters. The van der Waals surface area contributed by atoms with Crippen LogP contribution in [0.25, 0.3) is 87.2 Å². The summed E-state index contributed by atoms with van der Waals surface area (Å²) in [4.78, 5) is 2.44. The van der Waals surface area contributed by atoms with Gasteiger partial charge in [-0.1, -0.05) is 188 Å². The van der Waals surface area contributed by atoms with E-state index in [4.69, 9.17) is 0 Å². The van der Waals surface area contributed by atoms with Crippen molar-refractivity contribution in [3.8, 4) is 33.4 Å². The van der Waals surface area contributed by atoms with Crippen LogP contribution in [0.15, 0.2) is 224 Å². The lowest BCUT2D eigenvalue weighted by Gasteiger charge is -2.30. The Kier molecular flexibility index (Phi) is 7.89. The molecule has 0 aromatic heterocycles. The first-order chi connectivity index (χ1) is 28.3. The molecule has 0 aliphatic carbocycles. The number of anilines is 3. The summed E-state index contributed by atoms with van der Waals surface area (Å²) in [5.74, 6) is 0. The lowest BCUT2D eigenvalue weighted by molar-refractivity contribution is 1.28. The lowest BCUT2D eigenvalue weighted by Crippen LogP contribution is -2.12. The summed E-state index contributed by atoms with van der Waals surface area (Å²) in [5.41, 5.74) is 10.5. The molecule has 0 unspecified atom stereocenters. The number of rotatable bonds is 6. The van der Waals surface area contributed by atoms with Gasteiger partial charge in [0.15, 0.2) is 0 Å². The highest BCUT2D eigenvalue weighted by Crippen LogP contribution is 2.46. The van der Waals surface area contributed by atoms with Crippen LogP contribution < -0.4 is 4.90 Å². The third-order valence-electron chi connectivity index (χ3n) is 11.6. The number of nitrogens with zero attached hydrogens (tertiary/aromatic N) is 1. The molecule has 0 amide bonds. The molecule has 0 aliphatic heterocycles. The number of hydrogen-bond donors (Lipinski definition) is 0. The maximum atomic E-state index is 2.44. The van der Waals surface area contributed by atoms with Crippen molar-refractivity contribution in [2.75, 3.05) is 4.90 Å². The molecule has 1 heteroatoms. The number of benzene rings is 11. The molecule has 0 saturated carbocycles. The van der Waals surface area contributed by atoms with Crippen LogP contribution in [-0.4, -0.2) is 0 Å². The predicted molar refractivity (Wildman–Crippen MR) is 245 cm³/mol. The van der Waals surface area contributed by atoms with Gasteiger partial charge in [-0.2, -0.15) is 0 Å². The van der Waals surface area contributed by atoms with Gasteiger partial charge in [0.2, 0.25) is 0 Å². The third-order valence-corrected chi connectivity index (χ3v) is 11.6. The second-order valence-corrected chi connectivity index (χ2v) is 14.9. The van der Waals surface area contributed by atoms with E-state index in [1.165, 1.54) is 87.2 Å². The molecular formula is C56H37N. The van der Waals surface area contributed by atoms with E-state index >= 15 is 0 Å². The second-order valence-electron chi connectivity index (χ2n) is 14.9. The molecule has 1 nitrogen and oxygen atoms in total. The van der Waals surface area contributed by atoms with Crippen molar-refractivity contribution < 1.29 is 0 Å². The molecule has 0 heterocycles. The fraction of sp³-hybridized carbons (Fsp3) is 0. The zero-order chi connectivity index (χ0) is 37.7. The highest BCUT2D eigenvalue weighted by atomic mass is 15.1. The van der Waals surface area contributed by atoms with Gasteiger partial charge in [-0.25, -0.2) is 0 Å². The molecule has 57 heavy (non-hydrogen) atoms. The van der Waals surface area contributed by atoms with Crippen LogP contribution in [0.5, 0.6) is 0 Å². The van der Waals surface area contributed by atoms with Crippen molar-refractivity contribution in [3.05, 3.63) is 224 Å². The van der Waals surface area contributed by atoms with Crippen LogP contribution in [0.1, 0.15) is 0 Å². The molecule has 11 aromatic carbocycles. The first-order valence-electron chi connectivity index (χ1n) is 19.7. The summed E-state index contributed by atoms with van der Waals surface area (Å²) >= 11 is 0. The average molecular weight is 724 g/mol. The van der Waals surface area contributed by atoms with Crippen LogP contribution in [0.3, 0.4) is 0 Å². The summed E-state index contributed by atoms with van der Waals surface area (Å²) < 4.78 is 0. The number of para-hydroxylation sites is 2. The van der Waals surface area contributed by atoms with Crippen LogP contribution in [-0.2, 0) is 0 Å². The van der Waals surface area contributed by atoms with E-state index in [-0.39, 0.29) is 0 Å². The quantitative estimate of drug-likeness (QED) is 0.154. The topological polar surface area (TPSA) is 3.24 Å². The molecule has 0 aliphatic rings. The average Bonchev–Trinajstić information content (AvgIpc) is 3.29. The summed E-state index contributed by atoms with van der Waals surface area (Å²) in [6.07, 6.45) is 0. The number of hydrogen-bond acceptors (Lipinski definition) is 1. The van der Waals surface area contributed by atoms with Crippen LogP contribution in [0.4, 0.5) is 17.1 Å². The van der Waals surface area contributed by atoms with E-state index in [2.05, 4.69) is 229 Å². The Hall–Kier alpha value is -7.48. The Labute approximate surface area is 332 Å². The van der Waals surface area contributed by atoms with E-state index in [0.29, 0.717) is 0 Å². The Balaban J connectivity index is 1.09. The Morgan fingerprint density at radius 2 is 0.667 bits per heavy atom. The zero-order valence-electron chi connectivity index (χ0n) is 31.3. The normalized spacial score (nSPS) is 11.5. The molecular weight excluding hydrogens is 687 g/mol. The van der Waals surface area contributed by atoms with Gasteiger partial charge in [0.1, 0.15) is 0 Å². The summed E-state index contributed by atoms with van der Waals surface area (Å²) in [5, 5.41) is 12.7. The summed E-state index contributed by atoms with van der Waals surface area (Å²) in [6, 6.07) is 82.0. The summed E-state index contributed by atoms with van der Waals surface area (Å²) in [6.45, 7) is 0. The second kappa shape index (κ2) is 13.7. The van der Waals surface area contributed by atoms with Gasteiger partial charge in [0.05, 0.1) is 11.4 Å². The van der Waals surface area contributed by atoms with E-state index in [9.17, 15) is 0 Å². The fourth-order valence-electron chi connectivity index (χ4n) is 8.93. The maximum absolute atomic E-state index is 2.44. The van der Waals surface area contributed by atoms with Crippen molar-refractivity contribution in [2.24, 2.45) is 0 Å². The van der Waals surface area contributed by atoms with Gasteiger partial charge in [0.25, 0.3) is 0 Å². The lowest BCUT2D eigenvalue weighted by atomic mass is 9.93. The molecule has 11 aromatic rings. The Bertz CT molecular complexity index is 3290. The van der Waals surface area contributed by atoms with Gasteiger partial charge in [-0.15, -0.1) is 0 Å². The molecule has 0 radical (unpaired) electrons. The highest BCUT2D eigenvalue weighted by molar-refractivity contribution is 6.18. The van der Waals surface area contributed by atoms with Crippen molar-refractivity contribution in [3.63, 3.8) is 0 Å². The molecule has 0 saturated heterocycles. The monoisotopic (exact) mass is 723 g/mol. The first kappa shape index (κ1) is 32.9. The van der Waals surface area contributed by atoms with Gasteiger partial charge >= 0.3 is 0 Å². The molecule has 0 spiro atoms. The van der Waals surface area contributed by atoms with Gasteiger partial charge in [-0.05, 0) is 113 Å². The number of fused-ring (bicyclic) bond motifs is 8. The minimum atomic E-state index is 1.10.